The highest BCUT2D eigenvalue weighted by Gasteiger charge is 2.29. The van der Waals surface area contributed by atoms with Crippen LogP contribution in [0.3, 0.4) is 0 Å². The lowest BCUT2D eigenvalue weighted by atomic mass is 10.2. The van der Waals surface area contributed by atoms with Gasteiger partial charge < -0.3 is 8.61 Å². The Morgan fingerprint density at radius 3 is 2.22 bits per heavy atom. The van der Waals surface area contributed by atoms with Gasteiger partial charge in [-0.2, -0.15) is 8.42 Å². The van der Waals surface area contributed by atoms with Gasteiger partial charge in [0.15, 0.2) is 0 Å². The SMILES string of the molecule is COC(=O)c1ccccc1S(=O)(=O)O[Si](C)(C)C. The summed E-state index contributed by atoms with van der Waals surface area (Å²) in [4.78, 5) is 11.4. The number of methoxy groups -OCH3 is 1. The van der Waals surface area contributed by atoms with Crippen LogP contribution in [0, 0.1) is 0 Å². The first-order valence-electron chi connectivity index (χ1n) is 5.30. The zero-order chi connectivity index (χ0) is 14.0. The number of hydrogen-bond donors (Lipinski definition) is 0. The molecule has 0 heterocycles. The summed E-state index contributed by atoms with van der Waals surface area (Å²) >= 11 is 0. The topological polar surface area (TPSA) is 69.7 Å². The van der Waals surface area contributed by atoms with Gasteiger partial charge in [0.2, 0.25) is 8.32 Å². The third-order valence-electron chi connectivity index (χ3n) is 1.92. The first-order valence-corrected chi connectivity index (χ1v) is 10.1. The fourth-order valence-electron chi connectivity index (χ4n) is 1.34. The van der Waals surface area contributed by atoms with E-state index in [0.717, 1.165) is 0 Å². The number of benzene rings is 1. The van der Waals surface area contributed by atoms with Gasteiger partial charge in [0.05, 0.1) is 12.7 Å². The number of hydrogen-bond acceptors (Lipinski definition) is 5. The van der Waals surface area contributed by atoms with E-state index in [1.54, 1.807) is 25.7 Å². The van der Waals surface area contributed by atoms with Gasteiger partial charge >= 0.3 is 5.97 Å². The first kappa shape index (κ1) is 14.9. The maximum absolute atomic E-state index is 12.1. The molecule has 0 aromatic heterocycles. The summed E-state index contributed by atoms with van der Waals surface area (Å²) in [7, 11) is -5.03. The van der Waals surface area contributed by atoms with E-state index in [1.165, 1.54) is 25.3 Å². The van der Waals surface area contributed by atoms with Crippen LogP contribution in [0.4, 0.5) is 0 Å². The van der Waals surface area contributed by atoms with Crippen LogP contribution in [0.2, 0.25) is 19.6 Å². The smallest absolute Gasteiger partial charge is 0.339 e. The Morgan fingerprint density at radius 2 is 1.72 bits per heavy atom. The van der Waals surface area contributed by atoms with Gasteiger partial charge in [-0.25, -0.2) is 4.79 Å². The van der Waals surface area contributed by atoms with Gasteiger partial charge in [-0.05, 0) is 31.8 Å². The molecule has 1 aromatic rings. The van der Waals surface area contributed by atoms with Crippen molar-refractivity contribution in [3.05, 3.63) is 29.8 Å². The van der Waals surface area contributed by atoms with E-state index in [2.05, 4.69) is 4.74 Å². The number of ether oxygens (including phenoxy) is 1. The second-order valence-electron chi connectivity index (χ2n) is 4.64. The predicted octanol–water partition coefficient (Wildman–Crippen LogP) is 2.01. The van der Waals surface area contributed by atoms with E-state index in [4.69, 9.17) is 3.87 Å². The molecular weight excluding hydrogens is 272 g/mol. The van der Waals surface area contributed by atoms with Crippen molar-refractivity contribution in [2.24, 2.45) is 0 Å². The molecule has 1 rings (SSSR count). The minimum absolute atomic E-state index is 0.0155. The lowest BCUT2D eigenvalue weighted by Gasteiger charge is -2.17. The first-order chi connectivity index (χ1) is 8.17. The van der Waals surface area contributed by atoms with Crippen molar-refractivity contribution in [2.75, 3.05) is 7.11 Å². The highest BCUT2D eigenvalue weighted by molar-refractivity contribution is 7.87. The molecule has 0 aliphatic carbocycles. The number of esters is 1. The second-order valence-corrected chi connectivity index (χ2v) is 10.9. The van der Waals surface area contributed by atoms with Crippen LogP contribution >= 0.6 is 0 Å². The van der Waals surface area contributed by atoms with Crippen molar-refractivity contribution in [1.29, 1.82) is 0 Å². The van der Waals surface area contributed by atoms with Gasteiger partial charge in [-0.3, -0.25) is 0 Å². The molecule has 0 bridgehead atoms. The summed E-state index contributed by atoms with van der Waals surface area (Å²) in [6.07, 6.45) is 0. The van der Waals surface area contributed by atoms with Crippen LogP contribution < -0.4 is 0 Å². The Hall–Kier alpha value is -1.18. The highest BCUT2D eigenvalue weighted by Crippen LogP contribution is 2.22. The van der Waals surface area contributed by atoms with Gasteiger partial charge in [0.1, 0.15) is 4.90 Å². The van der Waals surface area contributed by atoms with Gasteiger partial charge in [-0.1, -0.05) is 12.1 Å². The van der Waals surface area contributed by atoms with E-state index in [0.29, 0.717) is 0 Å². The lowest BCUT2D eigenvalue weighted by Crippen LogP contribution is -2.30. The summed E-state index contributed by atoms with van der Waals surface area (Å²) in [5.74, 6) is -0.701. The Morgan fingerprint density at radius 1 is 1.17 bits per heavy atom. The molecular formula is C11H16O5SSi. The van der Waals surface area contributed by atoms with Crippen molar-refractivity contribution in [3.63, 3.8) is 0 Å². The molecule has 0 N–H and O–H groups in total. The zero-order valence-corrected chi connectivity index (χ0v) is 12.6. The zero-order valence-electron chi connectivity index (χ0n) is 10.8. The van der Waals surface area contributed by atoms with Crippen molar-refractivity contribution < 1.29 is 21.8 Å². The van der Waals surface area contributed by atoms with Crippen LogP contribution in [0.5, 0.6) is 0 Å². The average molecular weight is 288 g/mol. The lowest BCUT2D eigenvalue weighted by molar-refractivity contribution is 0.0596. The molecule has 0 saturated heterocycles. The van der Waals surface area contributed by atoms with E-state index >= 15 is 0 Å². The van der Waals surface area contributed by atoms with Crippen LogP contribution in [0.25, 0.3) is 0 Å². The normalized spacial score (nSPS) is 12.2. The molecule has 100 valence electrons. The minimum Gasteiger partial charge on any atom is -0.465 e. The second kappa shape index (κ2) is 5.21. The summed E-state index contributed by atoms with van der Waals surface area (Å²) in [6, 6.07) is 5.83. The fourth-order valence-corrected chi connectivity index (χ4v) is 5.00. The quantitative estimate of drug-likeness (QED) is 0.626. The molecule has 7 heteroatoms. The van der Waals surface area contributed by atoms with Gasteiger partial charge in [-0.15, -0.1) is 0 Å². The third kappa shape index (κ3) is 3.66. The van der Waals surface area contributed by atoms with Crippen LogP contribution in [-0.2, 0) is 18.7 Å². The van der Waals surface area contributed by atoms with Gasteiger partial charge in [0.25, 0.3) is 10.1 Å². The summed E-state index contributed by atoms with van der Waals surface area (Å²) in [5.41, 5.74) is -0.0155. The maximum atomic E-state index is 12.1. The standard InChI is InChI=1S/C11H16O5SSi/c1-15-11(12)9-7-5-6-8-10(9)17(13,14)16-18(2,3)4/h5-8H,1-4H3. The molecule has 0 aliphatic rings. The molecule has 0 amide bonds. The van der Waals surface area contributed by atoms with E-state index in [1.807, 2.05) is 0 Å². The Balaban J connectivity index is 3.29. The predicted molar refractivity (Wildman–Crippen MR) is 69.4 cm³/mol. The molecule has 1 aromatic carbocycles. The molecule has 0 saturated carbocycles. The maximum Gasteiger partial charge on any atom is 0.339 e. The van der Waals surface area contributed by atoms with Gasteiger partial charge in [0, 0.05) is 0 Å². The Labute approximate surface area is 108 Å². The molecule has 0 fully saturated rings. The molecule has 0 aliphatic heterocycles. The van der Waals surface area contributed by atoms with Crippen LogP contribution in [0.15, 0.2) is 29.2 Å². The Kier molecular flexibility index (Phi) is 4.31. The summed E-state index contributed by atoms with van der Waals surface area (Å²) in [6.45, 7) is 5.27. The van der Waals surface area contributed by atoms with Crippen molar-refractivity contribution in [3.8, 4) is 0 Å². The molecule has 5 nitrogen and oxygen atoms in total. The van der Waals surface area contributed by atoms with Crippen LogP contribution in [-0.4, -0.2) is 29.8 Å². The largest absolute Gasteiger partial charge is 0.465 e. The number of carbonyl (C=O) groups excluding carboxylic acids is 1. The average Bonchev–Trinajstić information content (AvgIpc) is 2.25. The van der Waals surface area contributed by atoms with Crippen molar-refractivity contribution in [1.82, 2.24) is 0 Å². The third-order valence-corrected chi connectivity index (χ3v) is 5.69. The molecule has 0 atom stereocenters. The van der Waals surface area contributed by atoms with E-state index < -0.39 is 24.4 Å². The number of rotatable bonds is 4. The highest BCUT2D eigenvalue weighted by atomic mass is 32.2. The van der Waals surface area contributed by atoms with E-state index in [-0.39, 0.29) is 10.5 Å². The summed E-state index contributed by atoms with van der Waals surface area (Å²) < 4.78 is 33.9. The fraction of sp³-hybridized carbons (Fsp3) is 0.364. The molecule has 0 radical (unpaired) electrons. The monoisotopic (exact) mass is 288 g/mol. The van der Waals surface area contributed by atoms with Crippen molar-refractivity contribution >= 4 is 24.4 Å². The van der Waals surface area contributed by atoms with E-state index in [9.17, 15) is 13.2 Å². The summed E-state index contributed by atoms with van der Waals surface area (Å²) in [5, 5.41) is 0. The van der Waals surface area contributed by atoms with Crippen molar-refractivity contribution in [2.45, 2.75) is 24.5 Å². The Bertz CT molecular complexity index is 545. The molecule has 0 spiro atoms. The van der Waals surface area contributed by atoms with Crippen LogP contribution in [0.1, 0.15) is 10.4 Å². The molecule has 0 unspecified atom stereocenters. The molecule has 18 heavy (non-hydrogen) atoms. The minimum atomic E-state index is -3.94. The number of carbonyl (C=O) groups is 1.